The number of methoxy groups -OCH3 is 1. The van der Waals surface area contributed by atoms with Crippen molar-refractivity contribution in [1.82, 2.24) is 4.90 Å². The van der Waals surface area contributed by atoms with Gasteiger partial charge < -0.3 is 13.9 Å². The van der Waals surface area contributed by atoms with Crippen LogP contribution in [0.15, 0.2) is 51.8 Å². The fourth-order valence-electron chi connectivity index (χ4n) is 3.21. The molecule has 0 spiro atoms. The maximum Gasteiger partial charge on any atom is 0.373 e. The van der Waals surface area contributed by atoms with Crippen LogP contribution in [0.1, 0.15) is 27.4 Å². The summed E-state index contributed by atoms with van der Waals surface area (Å²) in [5.41, 5.74) is 1.19. The molecule has 2 amide bonds. The summed E-state index contributed by atoms with van der Waals surface area (Å²) in [6.45, 7) is -0.0291. The van der Waals surface area contributed by atoms with Crippen LogP contribution < -0.4 is 4.74 Å². The molecule has 2 heterocycles. The second-order valence-electron chi connectivity index (χ2n) is 7.36. The summed E-state index contributed by atoms with van der Waals surface area (Å²) in [5.74, 6) is -0.709. The number of esters is 1. The van der Waals surface area contributed by atoms with Crippen molar-refractivity contribution < 1.29 is 28.3 Å². The first kappa shape index (κ1) is 26.4. The van der Waals surface area contributed by atoms with Crippen LogP contribution >= 0.6 is 58.2 Å². The highest BCUT2D eigenvalue weighted by atomic mass is 35.5. The van der Waals surface area contributed by atoms with Crippen LogP contribution in [0, 0.1) is 0 Å². The molecule has 1 aromatic heterocycles. The monoisotopic (exact) mass is 585 g/mol. The van der Waals surface area contributed by atoms with E-state index in [4.69, 9.17) is 55.6 Å². The lowest BCUT2D eigenvalue weighted by Crippen LogP contribution is -2.27. The predicted molar refractivity (Wildman–Crippen MR) is 139 cm³/mol. The van der Waals surface area contributed by atoms with Crippen molar-refractivity contribution >= 4 is 81.4 Å². The second-order valence-corrected chi connectivity index (χ2v) is 10.0. The zero-order chi connectivity index (χ0) is 26.0. The van der Waals surface area contributed by atoms with Crippen LogP contribution in [0.3, 0.4) is 0 Å². The number of amides is 2. The zero-order valence-electron chi connectivity index (χ0n) is 18.3. The lowest BCUT2D eigenvalue weighted by molar-refractivity contribution is -0.123. The molecule has 186 valence electrons. The smallest absolute Gasteiger partial charge is 0.373 e. The van der Waals surface area contributed by atoms with Gasteiger partial charge in [0.2, 0.25) is 5.76 Å². The average molecular weight is 587 g/mol. The number of imide groups is 1. The standard InChI is InChI=1S/C24H15Cl4NO6S/c1-33-23(31)19-5-4-15(35-19)10-29-22(30)20(36-24(29)32)8-12-6-17(27)21(18(28)7-12)34-11-13-2-3-14(25)9-16(13)26/h2-9H,10-11H2,1H3/b20-8+. The molecule has 0 atom stereocenters. The Hall–Kier alpha value is -2.62. The van der Waals surface area contributed by atoms with Gasteiger partial charge in [-0.15, -0.1) is 0 Å². The normalized spacial score (nSPS) is 14.6. The second kappa shape index (κ2) is 11.2. The number of halogens is 4. The minimum atomic E-state index is -0.660. The average Bonchev–Trinajstić information content (AvgIpc) is 3.39. The summed E-state index contributed by atoms with van der Waals surface area (Å²) < 4.78 is 15.7. The Kier molecular flexibility index (Phi) is 8.22. The van der Waals surface area contributed by atoms with Gasteiger partial charge in [-0.05, 0) is 59.8 Å². The lowest BCUT2D eigenvalue weighted by Gasteiger charge is -2.12. The van der Waals surface area contributed by atoms with E-state index in [1.54, 1.807) is 30.3 Å². The van der Waals surface area contributed by atoms with Gasteiger partial charge in [0.05, 0.1) is 28.6 Å². The molecule has 0 saturated carbocycles. The quantitative estimate of drug-likeness (QED) is 0.209. The van der Waals surface area contributed by atoms with Gasteiger partial charge in [-0.2, -0.15) is 0 Å². The van der Waals surface area contributed by atoms with E-state index in [1.165, 1.54) is 25.3 Å². The van der Waals surface area contributed by atoms with Crippen LogP contribution in [0.25, 0.3) is 6.08 Å². The number of nitrogens with zero attached hydrogens (tertiary/aromatic N) is 1. The largest absolute Gasteiger partial charge is 0.486 e. The molecule has 4 rings (SSSR count). The molecule has 0 bridgehead atoms. The highest BCUT2D eigenvalue weighted by Crippen LogP contribution is 2.38. The van der Waals surface area contributed by atoms with Gasteiger partial charge in [-0.25, -0.2) is 4.79 Å². The Morgan fingerprint density at radius 1 is 1.03 bits per heavy atom. The van der Waals surface area contributed by atoms with Gasteiger partial charge in [0, 0.05) is 15.6 Å². The minimum absolute atomic E-state index is 0.0278. The maximum atomic E-state index is 12.8. The van der Waals surface area contributed by atoms with Crippen LogP contribution in [0.2, 0.25) is 20.1 Å². The molecule has 1 saturated heterocycles. The molecule has 12 heteroatoms. The van der Waals surface area contributed by atoms with Crippen molar-refractivity contribution in [3.8, 4) is 5.75 Å². The lowest BCUT2D eigenvalue weighted by atomic mass is 10.2. The van der Waals surface area contributed by atoms with E-state index in [0.717, 1.165) is 16.7 Å². The van der Waals surface area contributed by atoms with E-state index in [-0.39, 0.29) is 45.4 Å². The molecule has 7 nitrogen and oxygen atoms in total. The van der Waals surface area contributed by atoms with Crippen molar-refractivity contribution in [2.45, 2.75) is 13.2 Å². The highest BCUT2D eigenvalue weighted by molar-refractivity contribution is 8.18. The predicted octanol–water partition coefficient (Wildman–Crippen LogP) is 7.50. The molecule has 0 unspecified atom stereocenters. The number of rotatable bonds is 7. The topological polar surface area (TPSA) is 86.0 Å². The van der Waals surface area contributed by atoms with Gasteiger partial charge in [-0.1, -0.05) is 52.5 Å². The Bertz CT molecular complexity index is 1380. The fourth-order valence-corrected chi connectivity index (χ4v) is 5.12. The van der Waals surface area contributed by atoms with Crippen molar-refractivity contribution in [2.75, 3.05) is 7.11 Å². The fraction of sp³-hybridized carbons (Fsp3) is 0.125. The zero-order valence-corrected chi connectivity index (χ0v) is 22.2. The number of hydrogen-bond donors (Lipinski definition) is 0. The number of ether oxygens (including phenoxy) is 2. The molecule has 0 radical (unpaired) electrons. The Labute approximate surface area is 229 Å². The van der Waals surface area contributed by atoms with Gasteiger partial charge in [0.25, 0.3) is 11.1 Å². The van der Waals surface area contributed by atoms with E-state index in [2.05, 4.69) is 4.74 Å². The third-order valence-corrected chi connectivity index (χ3v) is 7.00. The molecule has 0 N–H and O–H groups in total. The summed E-state index contributed by atoms with van der Waals surface area (Å²) in [7, 11) is 1.22. The summed E-state index contributed by atoms with van der Waals surface area (Å²) >= 11 is 25.6. The van der Waals surface area contributed by atoms with Gasteiger partial charge in [-0.3, -0.25) is 14.5 Å². The third kappa shape index (κ3) is 5.85. The summed E-state index contributed by atoms with van der Waals surface area (Å²) in [6, 6.07) is 11.1. The van der Waals surface area contributed by atoms with E-state index in [0.29, 0.717) is 21.2 Å². The molecule has 0 aliphatic carbocycles. The third-order valence-electron chi connectivity index (χ3n) is 4.94. The van der Waals surface area contributed by atoms with Crippen molar-refractivity contribution in [1.29, 1.82) is 0 Å². The summed E-state index contributed by atoms with van der Waals surface area (Å²) in [4.78, 5) is 38.0. The minimum Gasteiger partial charge on any atom is -0.486 e. The molecular formula is C24H15Cl4NO6S. The van der Waals surface area contributed by atoms with E-state index >= 15 is 0 Å². The van der Waals surface area contributed by atoms with Gasteiger partial charge in [0.1, 0.15) is 12.4 Å². The van der Waals surface area contributed by atoms with E-state index < -0.39 is 17.1 Å². The molecule has 36 heavy (non-hydrogen) atoms. The van der Waals surface area contributed by atoms with Crippen molar-refractivity contribution in [2.24, 2.45) is 0 Å². The Morgan fingerprint density at radius 2 is 1.75 bits per heavy atom. The van der Waals surface area contributed by atoms with Crippen LogP contribution in [-0.4, -0.2) is 29.1 Å². The number of thioether (sulfide) groups is 1. The highest BCUT2D eigenvalue weighted by Gasteiger charge is 2.36. The van der Waals surface area contributed by atoms with Gasteiger partial charge in [0.15, 0.2) is 5.75 Å². The van der Waals surface area contributed by atoms with E-state index in [1.807, 2.05) is 0 Å². The molecule has 3 aromatic rings. The maximum absolute atomic E-state index is 12.8. The molecule has 1 aliphatic heterocycles. The van der Waals surface area contributed by atoms with Crippen molar-refractivity contribution in [3.05, 3.63) is 90.1 Å². The molecule has 2 aromatic carbocycles. The summed E-state index contributed by atoms with van der Waals surface area (Å²) in [6.07, 6.45) is 1.50. The van der Waals surface area contributed by atoms with Gasteiger partial charge >= 0.3 is 5.97 Å². The Morgan fingerprint density at radius 3 is 2.42 bits per heavy atom. The van der Waals surface area contributed by atoms with E-state index in [9.17, 15) is 14.4 Å². The summed E-state index contributed by atoms with van der Waals surface area (Å²) in [5, 5.41) is 0.883. The number of furan rings is 1. The number of carbonyl (C=O) groups excluding carboxylic acids is 3. The first-order valence-corrected chi connectivity index (χ1v) is 12.5. The molecule has 1 aliphatic rings. The first-order chi connectivity index (χ1) is 17.2. The van der Waals surface area contributed by atoms with Crippen LogP contribution in [0.5, 0.6) is 5.75 Å². The van der Waals surface area contributed by atoms with Crippen LogP contribution in [0.4, 0.5) is 4.79 Å². The van der Waals surface area contributed by atoms with Crippen molar-refractivity contribution in [3.63, 3.8) is 0 Å². The first-order valence-electron chi connectivity index (χ1n) is 10.1. The Balaban J connectivity index is 1.48. The molecular weight excluding hydrogens is 572 g/mol. The molecule has 1 fully saturated rings. The van der Waals surface area contributed by atoms with Crippen LogP contribution in [-0.2, 0) is 22.7 Å². The number of benzene rings is 2. The number of hydrogen-bond acceptors (Lipinski definition) is 7. The number of carbonyl (C=O) groups is 3. The SMILES string of the molecule is COC(=O)c1ccc(CN2C(=O)S/C(=C/c3cc(Cl)c(OCc4ccc(Cl)cc4Cl)c(Cl)c3)C2=O)o1.